The van der Waals surface area contributed by atoms with E-state index in [0.717, 1.165) is 39.0 Å². The first-order chi connectivity index (χ1) is 4.91. The average Bonchev–Trinajstić information content (AvgIpc) is 1.97. The van der Waals surface area contributed by atoms with Crippen LogP contribution in [0.1, 0.15) is 22.1 Å². The molecule has 3 nitrogen and oxygen atoms in total. The smallest absolute Gasteiger partial charge is 1.00 e. The number of halogens is 1. The van der Waals surface area contributed by atoms with Gasteiger partial charge >= 0.3 is 37.7 Å². The van der Waals surface area contributed by atoms with Gasteiger partial charge in [0.1, 0.15) is 0 Å². The molecule has 0 unspecified atom stereocenters. The van der Waals surface area contributed by atoms with Crippen LogP contribution >= 0.6 is 12.4 Å². The van der Waals surface area contributed by atoms with Crippen molar-refractivity contribution in [2.45, 2.75) is 19.3 Å². The molecule has 5 N–H and O–H groups in total. The summed E-state index contributed by atoms with van der Waals surface area (Å²) in [6.45, 7) is 3.71. The Morgan fingerprint density at radius 1 is 0.917 bits per heavy atom. The predicted octanol–water partition coefficient (Wildman–Crippen LogP) is -0.0703. The first-order valence-electron chi connectivity index (χ1n) is 4.02. The van der Waals surface area contributed by atoms with E-state index in [9.17, 15) is 0 Å². The molecule has 0 bridgehead atoms. The minimum absolute atomic E-state index is 0. The molecule has 0 saturated heterocycles. The van der Waals surface area contributed by atoms with Crippen molar-refractivity contribution in [3.05, 3.63) is 0 Å². The van der Waals surface area contributed by atoms with Crippen molar-refractivity contribution in [1.29, 1.82) is 0 Å². The number of nitrogens with one attached hydrogen (secondary N) is 1. The zero-order valence-corrected chi connectivity index (χ0v) is 10.7. The summed E-state index contributed by atoms with van der Waals surface area (Å²) in [5.41, 5.74) is 10.6. The van der Waals surface area contributed by atoms with Gasteiger partial charge in [-0.2, -0.15) is 0 Å². The van der Waals surface area contributed by atoms with Gasteiger partial charge in [0.05, 0.1) is 0 Å². The quantitative estimate of drug-likeness (QED) is 0.418. The Labute approximate surface area is 114 Å². The van der Waals surface area contributed by atoms with Gasteiger partial charge < -0.3 is 19.6 Å². The van der Waals surface area contributed by atoms with E-state index in [0.29, 0.717) is 0 Å². The fourth-order valence-electron chi connectivity index (χ4n) is 0.746. The third-order valence-corrected chi connectivity index (χ3v) is 1.37. The maximum atomic E-state index is 5.32. The van der Waals surface area contributed by atoms with Gasteiger partial charge in [-0.1, -0.05) is 0 Å². The molecule has 0 heterocycles. The van der Waals surface area contributed by atoms with Crippen LogP contribution in [0.2, 0.25) is 0 Å². The first kappa shape index (κ1) is 19.1. The monoisotopic (exact) mass is 223 g/mol. The Kier molecular flexibility index (Phi) is 29.0. The van der Waals surface area contributed by atoms with Crippen molar-refractivity contribution in [2.24, 2.45) is 11.5 Å². The zero-order chi connectivity index (χ0) is 7.66. The van der Waals surface area contributed by atoms with Crippen LogP contribution in [0.4, 0.5) is 0 Å². The van der Waals surface area contributed by atoms with Crippen molar-refractivity contribution in [2.75, 3.05) is 26.2 Å². The molecule has 0 amide bonds. The van der Waals surface area contributed by atoms with Crippen LogP contribution < -0.4 is 16.8 Å². The summed E-state index contributed by atoms with van der Waals surface area (Å²) < 4.78 is 0. The number of nitrogens with two attached hydrogens (primary N) is 2. The van der Waals surface area contributed by atoms with E-state index in [1.807, 2.05) is 0 Å². The summed E-state index contributed by atoms with van der Waals surface area (Å²) in [6, 6.07) is 0. The third kappa shape index (κ3) is 17.5. The van der Waals surface area contributed by atoms with Crippen LogP contribution in [0, 0.1) is 0 Å². The van der Waals surface area contributed by atoms with E-state index in [4.69, 9.17) is 11.5 Å². The van der Waals surface area contributed by atoms with Gasteiger partial charge in [-0.15, -0.1) is 12.4 Å². The van der Waals surface area contributed by atoms with E-state index < -0.39 is 0 Å². The Bertz CT molecular complexity index is 66.9. The normalized spacial score (nSPS) is 8.50. The van der Waals surface area contributed by atoms with E-state index in [1.165, 1.54) is 6.42 Å². The third-order valence-electron chi connectivity index (χ3n) is 1.37. The van der Waals surface area contributed by atoms with Crippen molar-refractivity contribution in [1.82, 2.24) is 5.32 Å². The van der Waals surface area contributed by atoms with Crippen LogP contribution in [0.15, 0.2) is 0 Å². The Balaban J connectivity index is -0.0000000675. The maximum Gasteiger partial charge on any atom is 2.00 e. The van der Waals surface area contributed by atoms with Crippen molar-refractivity contribution < 1.29 is 2.85 Å². The van der Waals surface area contributed by atoms with Crippen LogP contribution in [0.3, 0.4) is 0 Å². The van der Waals surface area contributed by atoms with Crippen LogP contribution in [-0.4, -0.2) is 63.9 Å². The summed E-state index contributed by atoms with van der Waals surface area (Å²) in [5, 5.41) is 3.29. The predicted molar refractivity (Wildman–Crippen MR) is 60.1 cm³/mol. The van der Waals surface area contributed by atoms with Crippen LogP contribution in [0.25, 0.3) is 0 Å². The molecule has 12 heavy (non-hydrogen) atoms. The number of hydrogen-bond acceptors (Lipinski definition) is 3. The molecule has 0 fully saturated rings. The SMILES string of the molecule is Cl.NCCCCNCCCN.[Ca+2].[H-].[H-]. The van der Waals surface area contributed by atoms with E-state index in [-0.39, 0.29) is 53.0 Å². The number of unbranched alkanes of at least 4 members (excludes halogenated alkanes) is 1. The standard InChI is InChI=1S/C7H19N3.Ca.ClH.2H/c8-4-1-2-6-10-7-3-5-9;;;;/h10H,1-9H2;;1H;;/q;+2;;2*-1. The molecule has 0 aliphatic rings. The van der Waals surface area contributed by atoms with Crippen molar-refractivity contribution >= 4 is 50.1 Å². The molecule has 0 radical (unpaired) electrons. The average molecular weight is 224 g/mol. The minimum atomic E-state index is 0. The molecular weight excluding hydrogens is 202 g/mol. The summed E-state index contributed by atoms with van der Waals surface area (Å²) in [4.78, 5) is 0. The van der Waals surface area contributed by atoms with Gasteiger partial charge in [-0.3, -0.25) is 0 Å². The Morgan fingerprint density at radius 2 is 1.42 bits per heavy atom. The van der Waals surface area contributed by atoms with Gasteiger partial charge in [0.2, 0.25) is 0 Å². The Hall–Kier alpha value is 1.43. The first-order valence-corrected chi connectivity index (χ1v) is 4.02. The fourth-order valence-corrected chi connectivity index (χ4v) is 0.746. The summed E-state index contributed by atoms with van der Waals surface area (Å²) in [7, 11) is 0. The molecule has 0 rings (SSSR count). The van der Waals surface area contributed by atoms with E-state index in [1.54, 1.807) is 0 Å². The molecule has 74 valence electrons. The minimum Gasteiger partial charge on any atom is -1.00 e. The topological polar surface area (TPSA) is 64.1 Å². The summed E-state index contributed by atoms with van der Waals surface area (Å²) >= 11 is 0. The van der Waals surface area contributed by atoms with Crippen molar-refractivity contribution in [3.63, 3.8) is 0 Å². The van der Waals surface area contributed by atoms with Gasteiger partial charge in [0.15, 0.2) is 0 Å². The molecule has 0 aromatic rings. The van der Waals surface area contributed by atoms with Crippen LogP contribution in [-0.2, 0) is 0 Å². The molecule has 5 heteroatoms. The molecule has 0 aromatic carbocycles. The van der Waals surface area contributed by atoms with E-state index >= 15 is 0 Å². The van der Waals surface area contributed by atoms with Gasteiger partial charge in [-0.25, -0.2) is 0 Å². The fraction of sp³-hybridized carbons (Fsp3) is 1.00. The maximum absolute atomic E-state index is 5.32. The molecule has 0 spiro atoms. The molecule has 0 aliphatic heterocycles. The summed E-state index contributed by atoms with van der Waals surface area (Å²) in [5.74, 6) is 0. The molecular formula is C7H22CaClN3. The second-order valence-electron chi connectivity index (χ2n) is 2.39. The number of hydrogen-bond donors (Lipinski definition) is 3. The molecule has 0 aliphatic carbocycles. The molecule has 0 saturated carbocycles. The Morgan fingerprint density at radius 3 is 1.92 bits per heavy atom. The number of rotatable bonds is 7. The van der Waals surface area contributed by atoms with Crippen molar-refractivity contribution in [3.8, 4) is 0 Å². The van der Waals surface area contributed by atoms with E-state index in [2.05, 4.69) is 5.32 Å². The largest absolute Gasteiger partial charge is 2.00 e. The summed E-state index contributed by atoms with van der Waals surface area (Å²) in [6.07, 6.45) is 3.37. The van der Waals surface area contributed by atoms with Gasteiger partial charge in [0.25, 0.3) is 0 Å². The molecule has 0 aromatic heterocycles. The zero-order valence-electron chi connectivity index (χ0n) is 9.72. The van der Waals surface area contributed by atoms with Crippen LogP contribution in [0.5, 0.6) is 0 Å². The second-order valence-corrected chi connectivity index (χ2v) is 2.39. The molecule has 0 atom stereocenters. The van der Waals surface area contributed by atoms with Gasteiger partial charge in [-0.05, 0) is 45.4 Å². The van der Waals surface area contributed by atoms with Gasteiger partial charge in [0, 0.05) is 0 Å². The second kappa shape index (κ2) is 18.3.